The van der Waals surface area contributed by atoms with E-state index in [1.807, 2.05) is 11.4 Å². The first-order valence-corrected chi connectivity index (χ1v) is 14.5. The van der Waals surface area contributed by atoms with Gasteiger partial charge in [-0.05, 0) is 50.1 Å². The second kappa shape index (κ2) is 13.9. The molecule has 2 amide bonds. The molecule has 5 rings (SSSR count). The average molecular weight is 654 g/mol. The van der Waals surface area contributed by atoms with Gasteiger partial charge in [0.2, 0.25) is 5.91 Å². The number of rotatable bonds is 10. The Balaban J connectivity index is 1.31. The standard InChI is InChI=1S/C32H31F4N7O4/c1-4-29(44)43-11-8-19(9-12-43)41-26-15-22-25(16-28(26)46-3)38-17-39-30(22)42-24-6-5-20(13-23(24)33)47-21-7-10-37-27(14-21)31(45)40-18(2)32(34,35)36/h4-7,10,13-19,41H,1,8-9,11-12H2,2-3H3,(H,40,45)(H,38,39,42)/t18-/m1/s1. The number of piperidine rings is 1. The molecule has 1 aliphatic rings. The first-order valence-electron chi connectivity index (χ1n) is 14.5. The Morgan fingerprint density at radius 3 is 2.47 bits per heavy atom. The number of alkyl halides is 3. The fourth-order valence-electron chi connectivity index (χ4n) is 4.93. The molecule has 0 spiro atoms. The van der Waals surface area contributed by atoms with Gasteiger partial charge in [-0.15, -0.1) is 0 Å². The highest BCUT2D eigenvalue weighted by atomic mass is 19.4. The first-order chi connectivity index (χ1) is 22.4. The molecular weight excluding hydrogens is 622 g/mol. The predicted octanol–water partition coefficient (Wildman–Crippen LogP) is 5.98. The number of benzene rings is 2. The van der Waals surface area contributed by atoms with Crippen LogP contribution in [0.15, 0.2) is 67.6 Å². The Labute approximate surface area is 267 Å². The monoisotopic (exact) mass is 653 g/mol. The van der Waals surface area contributed by atoms with Crippen LogP contribution in [0.5, 0.6) is 17.2 Å². The lowest BCUT2D eigenvalue weighted by atomic mass is 10.0. The number of ether oxygens (including phenoxy) is 2. The zero-order valence-corrected chi connectivity index (χ0v) is 25.4. The van der Waals surface area contributed by atoms with Gasteiger partial charge < -0.3 is 30.3 Å². The highest BCUT2D eigenvalue weighted by Crippen LogP contribution is 2.35. The minimum Gasteiger partial charge on any atom is -0.495 e. The summed E-state index contributed by atoms with van der Waals surface area (Å²) >= 11 is 0. The van der Waals surface area contributed by atoms with Crippen molar-refractivity contribution in [2.75, 3.05) is 30.8 Å². The molecule has 15 heteroatoms. The molecule has 1 fully saturated rings. The van der Waals surface area contributed by atoms with Crippen LogP contribution in [0.25, 0.3) is 10.9 Å². The van der Waals surface area contributed by atoms with E-state index in [0.29, 0.717) is 41.2 Å². The van der Waals surface area contributed by atoms with Crippen molar-refractivity contribution in [3.63, 3.8) is 0 Å². The summed E-state index contributed by atoms with van der Waals surface area (Å²) in [4.78, 5) is 38.4. The summed E-state index contributed by atoms with van der Waals surface area (Å²) in [5.41, 5.74) is 1.03. The van der Waals surface area contributed by atoms with Crippen LogP contribution in [0.1, 0.15) is 30.3 Å². The van der Waals surface area contributed by atoms with Gasteiger partial charge in [-0.3, -0.25) is 14.6 Å². The molecular formula is C32H31F4N7O4. The fourth-order valence-corrected chi connectivity index (χ4v) is 4.93. The average Bonchev–Trinajstić information content (AvgIpc) is 3.05. The molecule has 4 aromatic rings. The molecule has 0 bridgehead atoms. The highest BCUT2D eigenvalue weighted by Gasteiger charge is 2.37. The van der Waals surface area contributed by atoms with Crippen LogP contribution in [0, 0.1) is 5.82 Å². The number of carbonyl (C=O) groups is 2. The fraction of sp³-hybridized carbons (Fsp3) is 0.281. The minimum absolute atomic E-state index is 0.0682. The van der Waals surface area contributed by atoms with Crippen molar-refractivity contribution in [2.45, 2.75) is 38.0 Å². The van der Waals surface area contributed by atoms with Crippen LogP contribution < -0.4 is 25.4 Å². The maximum atomic E-state index is 15.3. The summed E-state index contributed by atoms with van der Waals surface area (Å²) in [6, 6.07) is 8.12. The summed E-state index contributed by atoms with van der Waals surface area (Å²) in [5.74, 6) is -0.793. The lowest BCUT2D eigenvalue weighted by Gasteiger charge is -2.32. The Hall–Kier alpha value is -5.47. The van der Waals surface area contributed by atoms with Crippen LogP contribution in [0.3, 0.4) is 0 Å². The number of halogens is 4. The quantitative estimate of drug-likeness (QED) is 0.140. The smallest absolute Gasteiger partial charge is 0.408 e. The molecule has 1 atom stereocenters. The van der Waals surface area contributed by atoms with Gasteiger partial charge in [0.25, 0.3) is 5.91 Å². The predicted molar refractivity (Wildman–Crippen MR) is 166 cm³/mol. The Morgan fingerprint density at radius 2 is 1.79 bits per heavy atom. The zero-order chi connectivity index (χ0) is 33.7. The normalized spacial score (nSPS) is 14.3. The van der Waals surface area contributed by atoms with E-state index in [4.69, 9.17) is 9.47 Å². The van der Waals surface area contributed by atoms with Crippen molar-refractivity contribution >= 4 is 39.9 Å². The van der Waals surface area contributed by atoms with Crippen molar-refractivity contribution in [3.05, 3.63) is 79.2 Å². The van der Waals surface area contributed by atoms with E-state index in [9.17, 15) is 22.8 Å². The van der Waals surface area contributed by atoms with Crippen molar-refractivity contribution in [2.24, 2.45) is 0 Å². The van der Waals surface area contributed by atoms with Crippen molar-refractivity contribution < 1.29 is 36.6 Å². The summed E-state index contributed by atoms with van der Waals surface area (Å²) in [6.45, 7) is 5.54. The Morgan fingerprint density at radius 1 is 1.04 bits per heavy atom. The van der Waals surface area contributed by atoms with Gasteiger partial charge in [-0.25, -0.2) is 14.4 Å². The molecule has 2 aromatic heterocycles. The number of methoxy groups -OCH3 is 1. The molecule has 47 heavy (non-hydrogen) atoms. The number of amides is 2. The van der Waals surface area contributed by atoms with E-state index in [1.165, 1.54) is 36.8 Å². The second-order valence-electron chi connectivity index (χ2n) is 10.7. The van der Waals surface area contributed by atoms with Crippen molar-refractivity contribution in [3.8, 4) is 17.2 Å². The number of pyridine rings is 1. The third-order valence-corrected chi connectivity index (χ3v) is 7.53. The van der Waals surface area contributed by atoms with Crippen LogP contribution >= 0.6 is 0 Å². The number of nitrogens with zero attached hydrogens (tertiary/aromatic N) is 4. The molecule has 246 valence electrons. The topological polar surface area (TPSA) is 131 Å². The number of anilines is 3. The summed E-state index contributed by atoms with van der Waals surface area (Å²) in [7, 11) is 1.55. The maximum absolute atomic E-state index is 15.3. The van der Waals surface area contributed by atoms with Gasteiger partial charge in [-0.1, -0.05) is 6.58 Å². The highest BCUT2D eigenvalue weighted by molar-refractivity contribution is 5.95. The second-order valence-corrected chi connectivity index (χ2v) is 10.7. The lowest BCUT2D eigenvalue weighted by molar-refractivity contribution is -0.149. The van der Waals surface area contributed by atoms with Gasteiger partial charge >= 0.3 is 6.18 Å². The van der Waals surface area contributed by atoms with E-state index in [0.717, 1.165) is 31.9 Å². The molecule has 2 aromatic carbocycles. The third-order valence-electron chi connectivity index (χ3n) is 7.53. The number of fused-ring (bicyclic) bond motifs is 1. The number of aromatic nitrogens is 3. The van der Waals surface area contributed by atoms with E-state index in [2.05, 4.69) is 32.2 Å². The first kappa shape index (κ1) is 32.9. The molecule has 1 aliphatic heterocycles. The van der Waals surface area contributed by atoms with Gasteiger partial charge in [0.1, 0.15) is 46.9 Å². The Bertz CT molecular complexity index is 1800. The molecule has 0 saturated carbocycles. The Kier molecular flexibility index (Phi) is 9.72. The maximum Gasteiger partial charge on any atom is 0.408 e. The van der Waals surface area contributed by atoms with Crippen LogP contribution in [0.4, 0.5) is 34.8 Å². The van der Waals surface area contributed by atoms with Crippen LogP contribution in [0.2, 0.25) is 0 Å². The van der Waals surface area contributed by atoms with Crippen molar-refractivity contribution in [1.29, 1.82) is 0 Å². The van der Waals surface area contributed by atoms with Gasteiger partial charge in [-0.2, -0.15) is 13.2 Å². The third kappa shape index (κ3) is 7.85. The number of hydrogen-bond donors (Lipinski definition) is 3. The molecule has 11 nitrogen and oxygen atoms in total. The number of nitrogens with one attached hydrogen (secondary N) is 3. The SMILES string of the molecule is C=CC(=O)N1CCC(Nc2cc3c(Nc4ccc(Oc5ccnc(C(=O)N[C@H](C)C(F)(F)F)c5)cc4F)ncnc3cc2OC)CC1. The molecule has 3 N–H and O–H groups in total. The minimum atomic E-state index is -4.62. The van der Waals surface area contributed by atoms with Gasteiger partial charge in [0, 0.05) is 48.9 Å². The number of carbonyl (C=O) groups excluding carboxylic acids is 2. The lowest BCUT2D eigenvalue weighted by Crippen LogP contribution is -2.43. The largest absolute Gasteiger partial charge is 0.495 e. The molecule has 0 aliphatic carbocycles. The van der Waals surface area contributed by atoms with Crippen LogP contribution in [-0.2, 0) is 4.79 Å². The van der Waals surface area contributed by atoms with Crippen molar-refractivity contribution in [1.82, 2.24) is 25.2 Å². The molecule has 0 radical (unpaired) electrons. The summed E-state index contributed by atoms with van der Waals surface area (Å²) < 4.78 is 65.0. The van der Waals surface area contributed by atoms with E-state index in [1.54, 1.807) is 18.1 Å². The molecule has 3 heterocycles. The number of hydrogen-bond acceptors (Lipinski definition) is 9. The van der Waals surface area contributed by atoms with E-state index >= 15 is 4.39 Å². The molecule has 0 unspecified atom stereocenters. The van der Waals surface area contributed by atoms with E-state index < -0.39 is 23.9 Å². The van der Waals surface area contributed by atoms with Crippen LogP contribution in [-0.4, -0.2) is 70.1 Å². The molecule has 1 saturated heterocycles. The summed E-state index contributed by atoms with van der Waals surface area (Å²) in [5, 5.41) is 8.91. The van der Waals surface area contributed by atoms with Gasteiger partial charge in [0.15, 0.2) is 0 Å². The van der Waals surface area contributed by atoms with Gasteiger partial charge in [0.05, 0.1) is 24.0 Å². The summed E-state index contributed by atoms with van der Waals surface area (Å²) in [6.07, 6.45) is 0.675. The van der Waals surface area contributed by atoms with E-state index in [-0.39, 0.29) is 34.8 Å². The zero-order valence-electron chi connectivity index (χ0n) is 25.4. The number of likely N-dealkylation sites (tertiary alicyclic amines) is 1.